The van der Waals surface area contributed by atoms with Gasteiger partial charge >= 0.3 is 4.38 Å². The van der Waals surface area contributed by atoms with Crippen molar-refractivity contribution in [1.29, 1.82) is 0 Å². The zero-order valence-corrected chi connectivity index (χ0v) is 5.97. The molecule has 0 radical (unpaired) electrons. The number of hydrogen-bond acceptors (Lipinski definition) is 2. The van der Waals surface area contributed by atoms with Crippen LogP contribution in [-0.2, 0) is 0 Å². The van der Waals surface area contributed by atoms with E-state index in [9.17, 15) is 0 Å². The molecule has 0 amide bonds. The molecule has 2 nitrogen and oxygen atoms in total. The van der Waals surface area contributed by atoms with Crippen LogP contribution in [0, 0.1) is 0 Å². The lowest BCUT2D eigenvalue weighted by atomic mass is 10.6. The number of nitrogens with zero attached hydrogens (tertiary/aromatic N) is 2. The van der Waals surface area contributed by atoms with Gasteiger partial charge in [0.25, 0.3) is 0 Å². The van der Waals surface area contributed by atoms with Crippen LogP contribution in [0.1, 0.15) is 6.42 Å². The van der Waals surface area contributed by atoms with Crippen LogP contribution in [0.3, 0.4) is 0 Å². The van der Waals surface area contributed by atoms with E-state index in [4.69, 9.17) is 5.53 Å². The minimum absolute atomic E-state index is 0.816. The van der Waals surface area contributed by atoms with E-state index in [2.05, 4.69) is 4.79 Å². The Kier molecular flexibility index (Phi) is 2.46. The van der Waals surface area contributed by atoms with Crippen molar-refractivity contribution in [2.45, 2.75) is 6.42 Å². The van der Waals surface area contributed by atoms with Gasteiger partial charge in [-0.15, -0.1) is 0 Å². The quantitative estimate of drug-likeness (QED) is 0.383. The topological polar surface area (TPSA) is 36.4 Å². The third-order valence-electron chi connectivity index (χ3n) is 0.821. The molecule has 0 aromatic carbocycles. The first-order valence-corrected chi connectivity index (χ1v) is 4.38. The van der Waals surface area contributed by atoms with Crippen molar-refractivity contribution < 1.29 is 4.79 Å². The van der Waals surface area contributed by atoms with Gasteiger partial charge in [0.2, 0.25) is 0 Å². The molecule has 0 aromatic heterocycles. The molecule has 44 valence electrons. The first kappa shape index (κ1) is 6.20. The second-order valence-electron chi connectivity index (χ2n) is 1.42. The summed E-state index contributed by atoms with van der Waals surface area (Å²) in [5.41, 5.74) is 8.24. The highest BCUT2D eigenvalue weighted by Crippen LogP contribution is 2.22. The van der Waals surface area contributed by atoms with E-state index in [0.29, 0.717) is 0 Å². The van der Waals surface area contributed by atoms with E-state index in [1.165, 1.54) is 6.42 Å². The normalized spacial score (nSPS) is 20.2. The fraction of sp³-hybridized carbons (Fsp3) is 0.750. The second kappa shape index (κ2) is 3.17. The molecule has 8 heavy (non-hydrogen) atoms. The van der Waals surface area contributed by atoms with Crippen LogP contribution in [0.4, 0.5) is 0 Å². The summed E-state index contributed by atoms with van der Waals surface area (Å²) in [7, 11) is 0. The van der Waals surface area contributed by atoms with Crippen molar-refractivity contribution in [1.82, 2.24) is 0 Å². The summed E-state index contributed by atoms with van der Waals surface area (Å²) in [6.45, 7) is 0. The minimum Gasteiger partial charge on any atom is -0.359 e. The predicted molar refractivity (Wildman–Crippen MR) is 38.2 cm³/mol. The predicted octanol–water partition coefficient (Wildman–Crippen LogP) is 1.44. The molecule has 1 aliphatic rings. The van der Waals surface area contributed by atoms with Gasteiger partial charge in [0, 0.05) is 11.5 Å². The van der Waals surface area contributed by atoms with Crippen molar-refractivity contribution in [3.63, 3.8) is 0 Å². The van der Waals surface area contributed by atoms with E-state index in [1.807, 2.05) is 0 Å². The molecule has 0 spiro atoms. The van der Waals surface area contributed by atoms with E-state index in [-0.39, 0.29) is 0 Å². The molecule has 4 heteroatoms. The molecule has 1 rings (SSSR count). The lowest BCUT2D eigenvalue weighted by molar-refractivity contribution is 0.00546. The third kappa shape index (κ3) is 1.54. The van der Waals surface area contributed by atoms with Gasteiger partial charge in [-0.3, -0.25) is 0 Å². The molecule has 0 aliphatic carbocycles. The molecule has 0 N–H and O–H groups in total. The first-order chi connectivity index (χ1) is 3.93. The van der Waals surface area contributed by atoms with Crippen molar-refractivity contribution in [2.75, 3.05) is 11.5 Å². The zero-order valence-electron chi connectivity index (χ0n) is 4.33. The van der Waals surface area contributed by atoms with Crippen LogP contribution >= 0.6 is 23.5 Å². The maximum atomic E-state index is 8.24. The van der Waals surface area contributed by atoms with E-state index in [0.717, 1.165) is 15.9 Å². The lowest BCUT2D eigenvalue weighted by Crippen LogP contribution is -1.99. The highest BCUT2D eigenvalue weighted by atomic mass is 32.2. The number of thioether (sulfide) groups is 2. The van der Waals surface area contributed by atoms with Crippen LogP contribution in [0.5, 0.6) is 0 Å². The van der Waals surface area contributed by atoms with Gasteiger partial charge in [0.05, 0.1) is 0 Å². The first-order valence-electron chi connectivity index (χ1n) is 2.41. The molecular weight excluding hydrogens is 140 g/mol. The maximum Gasteiger partial charge on any atom is 0.383 e. The third-order valence-corrected chi connectivity index (χ3v) is 3.17. The fourth-order valence-electron chi connectivity index (χ4n) is 0.477. The monoisotopic (exact) mass is 146 g/mol. The maximum absolute atomic E-state index is 8.24. The Morgan fingerprint density at radius 3 is 2.38 bits per heavy atom. The molecule has 1 heterocycles. The molecule has 0 saturated carbocycles. The Hall–Kier alpha value is 0.0800. The van der Waals surface area contributed by atoms with Crippen LogP contribution < -0.4 is 0 Å². The summed E-state index contributed by atoms with van der Waals surface area (Å²) < 4.78 is 0.816. The van der Waals surface area contributed by atoms with Gasteiger partial charge in [-0.1, -0.05) is 0 Å². The molecule has 0 atom stereocenters. The largest absolute Gasteiger partial charge is 0.383 e. The summed E-state index contributed by atoms with van der Waals surface area (Å²) in [5.74, 6) is 2.21. The van der Waals surface area contributed by atoms with Gasteiger partial charge < -0.3 is 5.53 Å². The smallest absolute Gasteiger partial charge is 0.359 e. The Morgan fingerprint density at radius 1 is 1.38 bits per heavy atom. The van der Waals surface area contributed by atoms with Gasteiger partial charge in [0.15, 0.2) is 0 Å². The minimum atomic E-state index is 0.816. The zero-order chi connectivity index (χ0) is 5.82. The van der Waals surface area contributed by atoms with Crippen molar-refractivity contribution >= 4 is 27.9 Å². The van der Waals surface area contributed by atoms with E-state index >= 15 is 0 Å². The average Bonchev–Trinajstić information content (AvgIpc) is 1.90. The van der Waals surface area contributed by atoms with Crippen molar-refractivity contribution in [3.8, 4) is 0 Å². The van der Waals surface area contributed by atoms with Gasteiger partial charge in [-0.2, -0.15) is 4.79 Å². The average molecular weight is 146 g/mol. The Bertz CT molecular complexity index is 120. The molecule has 1 fully saturated rings. The highest BCUT2D eigenvalue weighted by Gasteiger charge is 2.13. The van der Waals surface area contributed by atoms with E-state index < -0.39 is 0 Å². The Labute approximate surface area is 56.7 Å². The van der Waals surface area contributed by atoms with Gasteiger partial charge in [-0.25, -0.2) is 0 Å². The standard InChI is InChI=1S/C4H6N2S2/c5-6-4-7-2-1-3-8-4/h1-3H2. The van der Waals surface area contributed by atoms with Crippen LogP contribution in [0.15, 0.2) is 0 Å². The Morgan fingerprint density at radius 2 is 2.00 bits per heavy atom. The summed E-state index contributed by atoms with van der Waals surface area (Å²) in [4.78, 5) is 3.09. The Balaban J connectivity index is 2.45. The fourth-order valence-corrected chi connectivity index (χ4v) is 2.54. The molecule has 0 bridgehead atoms. The van der Waals surface area contributed by atoms with Crippen molar-refractivity contribution in [3.05, 3.63) is 5.53 Å². The van der Waals surface area contributed by atoms with Gasteiger partial charge in [0.1, 0.15) is 0 Å². The molecule has 0 unspecified atom stereocenters. The van der Waals surface area contributed by atoms with E-state index in [1.54, 1.807) is 23.5 Å². The molecular formula is C4H6N2S2. The molecule has 0 aromatic rings. The molecule has 1 saturated heterocycles. The van der Waals surface area contributed by atoms with Crippen LogP contribution in [-0.4, -0.2) is 20.7 Å². The van der Waals surface area contributed by atoms with Gasteiger partial charge in [-0.05, 0) is 29.9 Å². The summed E-state index contributed by atoms with van der Waals surface area (Å²) >= 11 is 3.25. The number of hydrogen-bond donors (Lipinski definition) is 0. The molecule has 1 aliphatic heterocycles. The SMILES string of the molecule is [N-]=[N+]=C1SCCCS1. The lowest BCUT2D eigenvalue weighted by Gasteiger charge is -2.00. The van der Waals surface area contributed by atoms with Crippen molar-refractivity contribution in [2.24, 2.45) is 0 Å². The van der Waals surface area contributed by atoms with Crippen LogP contribution in [0.2, 0.25) is 0 Å². The highest BCUT2D eigenvalue weighted by molar-refractivity contribution is 8.39. The summed E-state index contributed by atoms with van der Waals surface area (Å²) in [6, 6.07) is 0. The summed E-state index contributed by atoms with van der Waals surface area (Å²) in [5, 5.41) is 0. The summed E-state index contributed by atoms with van der Waals surface area (Å²) in [6.07, 6.45) is 1.23. The number of rotatable bonds is 0. The van der Waals surface area contributed by atoms with Crippen LogP contribution in [0.25, 0.3) is 5.53 Å². The second-order valence-corrected chi connectivity index (χ2v) is 3.84.